The summed E-state index contributed by atoms with van der Waals surface area (Å²) >= 11 is 0. The van der Waals surface area contributed by atoms with E-state index in [1.807, 2.05) is 51.1 Å². The minimum absolute atomic E-state index is 0.0162. The number of nitro groups is 2. The Bertz CT molecular complexity index is 1050. The van der Waals surface area contributed by atoms with E-state index in [4.69, 9.17) is 0 Å². The van der Waals surface area contributed by atoms with Gasteiger partial charge in [0.05, 0.1) is 21.6 Å². The SMILES string of the molecule is CC(C)(C)N1CC(/C(=N\Nc2ccc([N+](=O)[O-])cc2[N+](=O)[O-])c2ccccc2)CC1=O. The number of hydrogen-bond acceptors (Lipinski definition) is 7. The predicted molar refractivity (Wildman–Crippen MR) is 116 cm³/mol. The van der Waals surface area contributed by atoms with Crippen LogP contribution in [0.25, 0.3) is 0 Å². The molecule has 1 amide bonds. The lowest BCUT2D eigenvalue weighted by molar-refractivity contribution is -0.393. The van der Waals surface area contributed by atoms with E-state index in [2.05, 4.69) is 10.5 Å². The van der Waals surface area contributed by atoms with E-state index < -0.39 is 15.5 Å². The topological polar surface area (TPSA) is 131 Å². The van der Waals surface area contributed by atoms with Crippen LogP contribution in [0.15, 0.2) is 53.6 Å². The Balaban J connectivity index is 1.98. The summed E-state index contributed by atoms with van der Waals surface area (Å²) in [6, 6.07) is 12.6. The molecule has 31 heavy (non-hydrogen) atoms. The van der Waals surface area contributed by atoms with Gasteiger partial charge in [-0.25, -0.2) is 0 Å². The van der Waals surface area contributed by atoms with Crippen LogP contribution in [0.5, 0.6) is 0 Å². The van der Waals surface area contributed by atoms with Gasteiger partial charge in [-0.1, -0.05) is 30.3 Å². The molecule has 0 aliphatic carbocycles. The molecule has 1 unspecified atom stereocenters. The number of likely N-dealkylation sites (tertiary alicyclic amines) is 1. The smallest absolute Gasteiger partial charge is 0.301 e. The van der Waals surface area contributed by atoms with Crippen LogP contribution in [-0.4, -0.2) is 38.4 Å². The normalized spacial score (nSPS) is 17.0. The molecule has 1 fully saturated rings. The number of nitrogens with one attached hydrogen (secondary N) is 1. The Labute approximate surface area is 178 Å². The molecular weight excluding hydrogens is 402 g/mol. The van der Waals surface area contributed by atoms with Crippen molar-refractivity contribution in [1.82, 2.24) is 4.90 Å². The van der Waals surface area contributed by atoms with Gasteiger partial charge in [0.2, 0.25) is 5.91 Å². The molecular formula is C21H23N5O5. The van der Waals surface area contributed by atoms with Crippen molar-refractivity contribution < 1.29 is 14.6 Å². The van der Waals surface area contributed by atoms with Crippen LogP contribution in [0.1, 0.15) is 32.8 Å². The van der Waals surface area contributed by atoms with E-state index >= 15 is 0 Å². The number of hydrogen-bond donors (Lipinski definition) is 1. The summed E-state index contributed by atoms with van der Waals surface area (Å²) in [5, 5.41) is 26.8. The van der Waals surface area contributed by atoms with E-state index in [1.165, 1.54) is 12.1 Å². The molecule has 0 aromatic heterocycles. The van der Waals surface area contributed by atoms with Crippen LogP contribution in [0.3, 0.4) is 0 Å². The summed E-state index contributed by atoms with van der Waals surface area (Å²) < 4.78 is 0. The van der Waals surface area contributed by atoms with E-state index in [0.29, 0.717) is 12.3 Å². The maximum atomic E-state index is 12.6. The molecule has 1 heterocycles. The molecule has 0 saturated carbocycles. The Morgan fingerprint density at radius 1 is 1.10 bits per heavy atom. The van der Waals surface area contributed by atoms with Gasteiger partial charge in [-0.15, -0.1) is 0 Å². The molecule has 2 aromatic carbocycles. The van der Waals surface area contributed by atoms with Crippen molar-refractivity contribution in [3.8, 4) is 0 Å². The standard InChI is InChI=1S/C21H23N5O5/c1-21(2,3)24-13-15(11-19(24)27)20(14-7-5-4-6-8-14)23-22-17-10-9-16(25(28)29)12-18(17)26(30)31/h4-10,12,15,22H,11,13H2,1-3H3/b23-20-. The Morgan fingerprint density at radius 2 is 1.77 bits per heavy atom. The molecule has 162 valence electrons. The second-order valence-corrected chi connectivity index (χ2v) is 8.27. The molecule has 10 heteroatoms. The highest BCUT2D eigenvalue weighted by atomic mass is 16.6. The zero-order valence-corrected chi connectivity index (χ0v) is 17.4. The number of nitro benzene ring substituents is 2. The highest BCUT2D eigenvalue weighted by molar-refractivity contribution is 6.05. The molecule has 3 rings (SSSR count). The number of anilines is 1. The van der Waals surface area contributed by atoms with E-state index in [9.17, 15) is 25.0 Å². The summed E-state index contributed by atoms with van der Waals surface area (Å²) in [5.74, 6) is -0.193. The fourth-order valence-electron chi connectivity index (χ4n) is 3.54. The number of amides is 1. The number of non-ortho nitro benzene ring substituents is 1. The zero-order chi connectivity index (χ0) is 22.8. The third kappa shape index (κ3) is 4.85. The quantitative estimate of drug-likeness (QED) is 0.423. The molecule has 1 aliphatic rings. The summed E-state index contributed by atoms with van der Waals surface area (Å²) in [5.41, 5.74) is 2.93. The van der Waals surface area contributed by atoms with E-state index in [-0.39, 0.29) is 35.2 Å². The molecule has 1 aliphatic heterocycles. The van der Waals surface area contributed by atoms with Gasteiger partial charge in [0.25, 0.3) is 5.69 Å². The highest BCUT2D eigenvalue weighted by Gasteiger charge is 2.38. The first-order chi connectivity index (χ1) is 14.6. The van der Waals surface area contributed by atoms with Crippen LogP contribution in [-0.2, 0) is 4.79 Å². The first kappa shape index (κ1) is 21.9. The van der Waals surface area contributed by atoms with Gasteiger partial charge in [-0.3, -0.25) is 30.4 Å². The number of rotatable bonds is 6. The molecule has 1 atom stereocenters. The predicted octanol–water partition coefficient (Wildman–Crippen LogP) is 3.97. The monoisotopic (exact) mass is 425 g/mol. The van der Waals surface area contributed by atoms with Gasteiger partial charge in [0.1, 0.15) is 5.69 Å². The largest absolute Gasteiger partial charge is 0.337 e. The minimum atomic E-state index is -0.701. The highest BCUT2D eigenvalue weighted by Crippen LogP contribution is 2.31. The Kier molecular flexibility index (Phi) is 6.00. The molecule has 0 radical (unpaired) electrons. The number of carbonyl (C=O) groups is 1. The molecule has 0 bridgehead atoms. The average molecular weight is 425 g/mol. The average Bonchev–Trinajstić information content (AvgIpc) is 3.10. The first-order valence-corrected chi connectivity index (χ1v) is 9.70. The molecule has 1 saturated heterocycles. The zero-order valence-electron chi connectivity index (χ0n) is 17.4. The maximum absolute atomic E-state index is 12.6. The van der Waals surface area contributed by atoms with Crippen molar-refractivity contribution in [2.24, 2.45) is 11.0 Å². The van der Waals surface area contributed by atoms with Crippen LogP contribution >= 0.6 is 0 Å². The first-order valence-electron chi connectivity index (χ1n) is 9.70. The van der Waals surface area contributed by atoms with Gasteiger partial charge < -0.3 is 4.90 Å². The van der Waals surface area contributed by atoms with Crippen molar-refractivity contribution in [3.05, 3.63) is 74.3 Å². The van der Waals surface area contributed by atoms with Crippen LogP contribution in [0, 0.1) is 26.1 Å². The molecule has 1 N–H and O–H groups in total. The second-order valence-electron chi connectivity index (χ2n) is 8.27. The van der Waals surface area contributed by atoms with Gasteiger partial charge in [0, 0.05) is 30.5 Å². The number of benzene rings is 2. The number of nitrogens with zero attached hydrogens (tertiary/aromatic N) is 4. The van der Waals surface area contributed by atoms with Crippen molar-refractivity contribution in [3.63, 3.8) is 0 Å². The van der Waals surface area contributed by atoms with Crippen molar-refractivity contribution in [2.75, 3.05) is 12.0 Å². The lowest BCUT2D eigenvalue weighted by Gasteiger charge is -2.32. The maximum Gasteiger partial charge on any atom is 0.301 e. The van der Waals surface area contributed by atoms with Gasteiger partial charge >= 0.3 is 5.69 Å². The fourth-order valence-corrected chi connectivity index (χ4v) is 3.54. The summed E-state index contributed by atoms with van der Waals surface area (Å²) in [6.45, 7) is 6.36. The van der Waals surface area contributed by atoms with Gasteiger partial charge in [-0.2, -0.15) is 5.10 Å². The van der Waals surface area contributed by atoms with Crippen molar-refractivity contribution in [2.45, 2.75) is 32.7 Å². The second kappa shape index (κ2) is 8.50. The van der Waals surface area contributed by atoms with E-state index in [1.54, 1.807) is 4.90 Å². The third-order valence-corrected chi connectivity index (χ3v) is 5.08. The Hall–Kier alpha value is -3.82. The summed E-state index contributed by atoms with van der Waals surface area (Å²) in [4.78, 5) is 35.3. The minimum Gasteiger partial charge on any atom is -0.337 e. The van der Waals surface area contributed by atoms with Crippen molar-refractivity contribution in [1.29, 1.82) is 0 Å². The fraction of sp³-hybridized carbons (Fsp3) is 0.333. The van der Waals surface area contributed by atoms with Crippen LogP contribution < -0.4 is 5.43 Å². The lowest BCUT2D eigenvalue weighted by atomic mass is 9.95. The molecule has 2 aromatic rings. The number of carbonyl (C=O) groups excluding carboxylic acids is 1. The third-order valence-electron chi connectivity index (χ3n) is 5.08. The Morgan fingerprint density at radius 3 is 2.32 bits per heavy atom. The van der Waals surface area contributed by atoms with Gasteiger partial charge in [0.15, 0.2) is 0 Å². The summed E-state index contributed by atoms with van der Waals surface area (Å²) in [6.07, 6.45) is 0.273. The van der Waals surface area contributed by atoms with Crippen LogP contribution in [0.4, 0.5) is 17.1 Å². The summed E-state index contributed by atoms with van der Waals surface area (Å²) in [7, 11) is 0. The van der Waals surface area contributed by atoms with Gasteiger partial charge in [-0.05, 0) is 32.4 Å². The molecule has 10 nitrogen and oxygen atoms in total. The van der Waals surface area contributed by atoms with Crippen molar-refractivity contribution >= 4 is 28.7 Å². The van der Waals surface area contributed by atoms with E-state index in [0.717, 1.165) is 11.6 Å². The lowest BCUT2D eigenvalue weighted by Crippen LogP contribution is -2.42. The molecule has 0 spiro atoms. The van der Waals surface area contributed by atoms with Crippen LogP contribution in [0.2, 0.25) is 0 Å². The number of hydrazone groups is 1.